The highest BCUT2D eigenvalue weighted by Crippen LogP contribution is 2.30. The number of amides is 1. The highest BCUT2D eigenvalue weighted by atomic mass is 32.1. The van der Waals surface area contributed by atoms with E-state index in [1.54, 1.807) is 24.3 Å². The summed E-state index contributed by atoms with van der Waals surface area (Å²) in [6.07, 6.45) is 0. The molecule has 0 atom stereocenters. The minimum absolute atomic E-state index is 0.349. The number of rotatable bonds is 4. The van der Waals surface area contributed by atoms with Gasteiger partial charge in [0, 0.05) is 10.9 Å². The van der Waals surface area contributed by atoms with Gasteiger partial charge in [-0.1, -0.05) is 54.6 Å². The van der Waals surface area contributed by atoms with E-state index in [1.165, 1.54) is 11.3 Å². The van der Waals surface area contributed by atoms with Gasteiger partial charge in [0.2, 0.25) is 5.91 Å². The summed E-state index contributed by atoms with van der Waals surface area (Å²) in [4.78, 5) is 44.5. The summed E-state index contributed by atoms with van der Waals surface area (Å²) < 4.78 is 0.886. The maximum absolute atomic E-state index is 12.6. The normalized spacial score (nSPS) is 11.1. The molecule has 5 rings (SSSR count). The average Bonchev–Trinajstić information content (AvgIpc) is 3.24. The number of benzene rings is 3. The van der Waals surface area contributed by atoms with E-state index in [0.717, 1.165) is 26.6 Å². The lowest BCUT2D eigenvalue weighted by Crippen LogP contribution is -2.38. The fraction of sp³-hybridized carbons (Fsp3) is 0.0435. The Morgan fingerprint density at radius 2 is 1.71 bits per heavy atom. The highest BCUT2D eigenvalue weighted by Gasteiger charge is 2.14. The molecular formula is C23H16N4O3S. The molecule has 0 saturated carbocycles. The largest absolute Gasteiger partial charge is 0.329 e. The Kier molecular flexibility index (Phi) is 4.68. The van der Waals surface area contributed by atoms with Crippen LogP contribution in [0.25, 0.3) is 32.9 Å². The van der Waals surface area contributed by atoms with Crippen LogP contribution in [0.3, 0.4) is 0 Å². The lowest BCUT2D eigenvalue weighted by atomic mass is 10.0. The topological polar surface area (TPSA) is 96.9 Å². The summed E-state index contributed by atoms with van der Waals surface area (Å²) in [5.41, 5.74) is 1.02. The predicted molar refractivity (Wildman–Crippen MR) is 123 cm³/mol. The smallest absolute Gasteiger partial charge is 0.307 e. The molecule has 0 aliphatic rings. The zero-order valence-electron chi connectivity index (χ0n) is 16.2. The van der Waals surface area contributed by atoms with Gasteiger partial charge in [-0.05, 0) is 22.9 Å². The maximum atomic E-state index is 12.6. The number of nitrogens with zero attached hydrogens (tertiary/aromatic N) is 2. The highest BCUT2D eigenvalue weighted by molar-refractivity contribution is 7.14. The molecule has 2 aromatic heterocycles. The third kappa shape index (κ3) is 3.53. The number of para-hydroxylation sites is 1. The number of aromatic amines is 1. The van der Waals surface area contributed by atoms with Crippen LogP contribution in [0.5, 0.6) is 0 Å². The van der Waals surface area contributed by atoms with Gasteiger partial charge in [0.25, 0.3) is 5.56 Å². The van der Waals surface area contributed by atoms with Crippen molar-refractivity contribution in [3.05, 3.63) is 92.9 Å². The van der Waals surface area contributed by atoms with Crippen molar-refractivity contribution in [1.82, 2.24) is 14.5 Å². The molecule has 5 aromatic rings. The third-order valence-electron chi connectivity index (χ3n) is 5.01. The summed E-state index contributed by atoms with van der Waals surface area (Å²) in [5.74, 6) is -0.498. The number of carbonyl (C=O) groups is 1. The molecule has 0 unspecified atom stereocenters. The Morgan fingerprint density at radius 1 is 0.968 bits per heavy atom. The van der Waals surface area contributed by atoms with Crippen LogP contribution in [-0.2, 0) is 11.3 Å². The lowest BCUT2D eigenvalue weighted by molar-refractivity contribution is -0.116. The van der Waals surface area contributed by atoms with Gasteiger partial charge >= 0.3 is 5.69 Å². The molecule has 1 amide bonds. The minimum atomic E-state index is -0.630. The van der Waals surface area contributed by atoms with Crippen LogP contribution in [-0.4, -0.2) is 20.4 Å². The van der Waals surface area contributed by atoms with Gasteiger partial charge in [-0.2, -0.15) is 0 Å². The quantitative estimate of drug-likeness (QED) is 0.457. The van der Waals surface area contributed by atoms with Crippen molar-refractivity contribution in [1.29, 1.82) is 0 Å². The number of aromatic nitrogens is 3. The monoisotopic (exact) mass is 428 g/mol. The molecule has 8 heteroatoms. The van der Waals surface area contributed by atoms with Crippen molar-refractivity contribution in [3.63, 3.8) is 0 Å². The van der Waals surface area contributed by atoms with Gasteiger partial charge in [-0.3, -0.25) is 14.2 Å². The van der Waals surface area contributed by atoms with Crippen LogP contribution in [0.1, 0.15) is 0 Å². The number of fused-ring (bicyclic) bond motifs is 2. The van der Waals surface area contributed by atoms with Crippen LogP contribution in [0.4, 0.5) is 5.13 Å². The first-order valence-electron chi connectivity index (χ1n) is 9.55. The third-order valence-corrected chi connectivity index (χ3v) is 5.76. The van der Waals surface area contributed by atoms with E-state index in [-0.39, 0.29) is 0 Å². The average molecular weight is 428 g/mol. The number of H-pyrrole nitrogens is 1. The number of hydrogen-bond donors (Lipinski definition) is 2. The summed E-state index contributed by atoms with van der Waals surface area (Å²) in [5, 5.41) is 7.48. The molecule has 0 bridgehead atoms. The van der Waals surface area contributed by atoms with Gasteiger partial charge in [0.1, 0.15) is 6.54 Å². The van der Waals surface area contributed by atoms with E-state index in [0.29, 0.717) is 16.0 Å². The van der Waals surface area contributed by atoms with Gasteiger partial charge in [-0.25, -0.2) is 9.78 Å². The molecule has 31 heavy (non-hydrogen) atoms. The van der Waals surface area contributed by atoms with E-state index in [1.807, 2.05) is 47.8 Å². The van der Waals surface area contributed by atoms with Crippen LogP contribution >= 0.6 is 11.3 Å². The summed E-state index contributed by atoms with van der Waals surface area (Å²) in [6, 6.07) is 20.7. The van der Waals surface area contributed by atoms with Crippen LogP contribution in [0.15, 0.2) is 81.7 Å². The molecule has 0 saturated heterocycles. The fourth-order valence-electron chi connectivity index (χ4n) is 3.55. The van der Waals surface area contributed by atoms with Crippen molar-refractivity contribution < 1.29 is 4.79 Å². The minimum Gasteiger partial charge on any atom is -0.307 e. The molecule has 2 heterocycles. The first-order chi connectivity index (χ1) is 15.1. The molecule has 3 aromatic carbocycles. The molecule has 0 fully saturated rings. The van der Waals surface area contributed by atoms with Crippen LogP contribution in [0.2, 0.25) is 0 Å². The number of nitrogens with one attached hydrogen (secondary N) is 2. The second kappa shape index (κ2) is 7.66. The fourth-order valence-corrected chi connectivity index (χ4v) is 4.28. The maximum Gasteiger partial charge on any atom is 0.329 e. The zero-order valence-corrected chi connectivity index (χ0v) is 17.0. The Bertz CT molecular complexity index is 1560. The van der Waals surface area contributed by atoms with E-state index in [2.05, 4.69) is 15.3 Å². The molecular weight excluding hydrogens is 412 g/mol. The summed E-state index contributed by atoms with van der Waals surface area (Å²) >= 11 is 1.29. The number of thiazole rings is 1. The van der Waals surface area contributed by atoms with E-state index >= 15 is 0 Å². The van der Waals surface area contributed by atoms with Crippen LogP contribution < -0.4 is 16.6 Å². The van der Waals surface area contributed by atoms with Gasteiger partial charge < -0.3 is 10.3 Å². The Balaban J connectivity index is 1.40. The number of anilines is 1. The number of carbonyl (C=O) groups excluding carboxylic acids is 1. The molecule has 0 radical (unpaired) electrons. The summed E-state index contributed by atoms with van der Waals surface area (Å²) in [6.45, 7) is -0.401. The van der Waals surface area contributed by atoms with Crippen molar-refractivity contribution in [2.24, 2.45) is 0 Å². The number of hydrogen-bond acceptors (Lipinski definition) is 5. The molecule has 0 aliphatic heterocycles. The molecule has 7 nitrogen and oxygen atoms in total. The Morgan fingerprint density at radius 3 is 2.58 bits per heavy atom. The first kappa shape index (κ1) is 19.0. The zero-order chi connectivity index (χ0) is 21.4. The lowest BCUT2D eigenvalue weighted by Gasteiger charge is -2.06. The van der Waals surface area contributed by atoms with E-state index < -0.39 is 23.7 Å². The molecule has 2 N–H and O–H groups in total. The molecule has 0 spiro atoms. The van der Waals surface area contributed by atoms with Crippen LogP contribution in [0, 0.1) is 0 Å². The van der Waals surface area contributed by atoms with Gasteiger partial charge in [0.15, 0.2) is 5.13 Å². The van der Waals surface area contributed by atoms with Crippen molar-refractivity contribution in [3.8, 4) is 11.3 Å². The first-order valence-corrected chi connectivity index (χ1v) is 10.4. The standard InChI is InChI=1S/C23H16N4O3S/c28-20(12-27-21(29)17-9-3-4-11-18(17)25-23(27)30)26-22-24-19(13-31-22)16-10-5-7-14-6-1-2-8-15(14)16/h1-11,13H,12H2,(H,25,30)(H,24,26,28). The SMILES string of the molecule is O=C(Cn1c(=O)[nH]c2ccccc2c1=O)Nc1nc(-c2cccc3ccccc23)cs1. The second-order valence-electron chi connectivity index (χ2n) is 6.98. The predicted octanol–water partition coefficient (Wildman–Crippen LogP) is 3.61. The van der Waals surface area contributed by atoms with Crippen molar-refractivity contribution in [2.45, 2.75) is 6.54 Å². The van der Waals surface area contributed by atoms with E-state index in [4.69, 9.17) is 0 Å². The Labute approximate surface area is 179 Å². The van der Waals surface area contributed by atoms with Crippen molar-refractivity contribution in [2.75, 3.05) is 5.32 Å². The van der Waals surface area contributed by atoms with Crippen molar-refractivity contribution >= 4 is 44.1 Å². The van der Waals surface area contributed by atoms with E-state index in [9.17, 15) is 14.4 Å². The second-order valence-corrected chi connectivity index (χ2v) is 7.84. The molecule has 0 aliphatic carbocycles. The van der Waals surface area contributed by atoms with Gasteiger partial charge in [0.05, 0.1) is 16.6 Å². The summed E-state index contributed by atoms with van der Waals surface area (Å²) in [7, 11) is 0. The molecule has 152 valence electrons. The Hall–Kier alpha value is -4.04. The van der Waals surface area contributed by atoms with Gasteiger partial charge in [-0.15, -0.1) is 11.3 Å².